The zero-order valence-electron chi connectivity index (χ0n) is 13.6. The number of furan rings is 1. The number of hydrogen-bond donors (Lipinski definition) is 2. The number of carboxylic acid groups (broad SMARTS) is 1. The largest absolute Gasteiger partial charge is 0.481 e. The molecule has 0 unspecified atom stereocenters. The summed E-state index contributed by atoms with van der Waals surface area (Å²) in [6.07, 6.45) is 2.08. The number of carbonyl (C=O) groups is 2. The fraction of sp³-hybridized carbons (Fsp3) is 0.600. The summed E-state index contributed by atoms with van der Waals surface area (Å²) in [5.74, 6) is -1.99. The van der Waals surface area contributed by atoms with E-state index in [0.717, 1.165) is 6.07 Å². The van der Waals surface area contributed by atoms with E-state index < -0.39 is 27.9 Å². The zero-order valence-corrected chi connectivity index (χ0v) is 14.4. The van der Waals surface area contributed by atoms with Crippen molar-refractivity contribution in [2.45, 2.75) is 50.0 Å². The lowest BCUT2D eigenvalue weighted by Gasteiger charge is -2.26. The Kier molecular flexibility index (Phi) is 5.66. The predicted octanol–water partition coefficient (Wildman–Crippen LogP) is 1.55. The molecule has 134 valence electrons. The number of nitrogens with one attached hydrogen (secondary N) is 1. The van der Waals surface area contributed by atoms with Crippen LogP contribution in [0.15, 0.2) is 15.4 Å². The van der Waals surface area contributed by atoms with Crippen LogP contribution in [0.25, 0.3) is 0 Å². The van der Waals surface area contributed by atoms with E-state index in [0.29, 0.717) is 32.1 Å². The van der Waals surface area contributed by atoms with E-state index in [-0.39, 0.29) is 22.5 Å². The van der Waals surface area contributed by atoms with Gasteiger partial charge in [0.1, 0.15) is 10.7 Å². The van der Waals surface area contributed by atoms with Gasteiger partial charge in [-0.2, -0.15) is 0 Å². The van der Waals surface area contributed by atoms with E-state index in [1.54, 1.807) is 6.92 Å². The highest BCUT2D eigenvalue weighted by Crippen LogP contribution is 2.27. The summed E-state index contributed by atoms with van der Waals surface area (Å²) in [6, 6.07) is 0.836. The van der Waals surface area contributed by atoms with Crippen LogP contribution in [0, 0.1) is 5.92 Å². The van der Waals surface area contributed by atoms with Gasteiger partial charge in [-0.05, 0) is 25.7 Å². The van der Waals surface area contributed by atoms with Crippen molar-refractivity contribution < 1.29 is 32.3 Å². The first kappa shape index (κ1) is 18.5. The van der Waals surface area contributed by atoms with Gasteiger partial charge < -0.3 is 14.3 Å². The minimum absolute atomic E-state index is 0.0780. The number of carboxylic acids is 1. The second-order valence-electron chi connectivity index (χ2n) is 5.75. The van der Waals surface area contributed by atoms with Crippen LogP contribution in [0.5, 0.6) is 0 Å². The van der Waals surface area contributed by atoms with Crippen LogP contribution in [-0.2, 0) is 26.0 Å². The van der Waals surface area contributed by atoms with Crippen molar-refractivity contribution in [2.75, 3.05) is 7.11 Å². The minimum Gasteiger partial charge on any atom is -0.481 e. The quantitative estimate of drug-likeness (QED) is 0.739. The Morgan fingerprint density at radius 2 is 1.96 bits per heavy atom. The Bertz CT molecular complexity index is 714. The molecule has 8 nitrogen and oxygen atoms in total. The van der Waals surface area contributed by atoms with Gasteiger partial charge in [-0.3, -0.25) is 4.79 Å². The zero-order chi connectivity index (χ0) is 17.9. The minimum atomic E-state index is -3.86. The van der Waals surface area contributed by atoms with Gasteiger partial charge in [-0.25, -0.2) is 17.9 Å². The van der Waals surface area contributed by atoms with Crippen LogP contribution in [0.1, 0.15) is 48.9 Å². The molecule has 1 fully saturated rings. The molecular formula is C15H21NO7S. The van der Waals surface area contributed by atoms with Gasteiger partial charge in [0, 0.05) is 18.5 Å². The van der Waals surface area contributed by atoms with E-state index in [9.17, 15) is 18.0 Å². The fourth-order valence-electron chi connectivity index (χ4n) is 2.83. The number of methoxy groups -OCH3 is 1. The number of carbonyl (C=O) groups excluding carboxylic acids is 1. The van der Waals surface area contributed by atoms with E-state index in [4.69, 9.17) is 9.52 Å². The molecule has 1 aliphatic carbocycles. The first-order valence-corrected chi connectivity index (χ1v) is 9.23. The molecular weight excluding hydrogens is 338 g/mol. The average Bonchev–Trinajstić information content (AvgIpc) is 2.99. The van der Waals surface area contributed by atoms with Gasteiger partial charge in [0.15, 0.2) is 0 Å². The lowest BCUT2D eigenvalue weighted by Crippen LogP contribution is -2.38. The Hall–Kier alpha value is -1.87. The number of hydrogen-bond acceptors (Lipinski definition) is 6. The molecule has 0 aliphatic heterocycles. The summed E-state index contributed by atoms with van der Waals surface area (Å²) in [5, 5.41) is 8.99. The summed E-state index contributed by atoms with van der Waals surface area (Å²) in [4.78, 5) is 22.4. The maximum atomic E-state index is 12.6. The van der Waals surface area contributed by atoms with Crippen LogP contribution in [0.4, 0.5) is 0 Å². The van der Waals surface area contributed by atoms with Crippen LogP contribution in [0.2, 0.25) is 0 Å². The number of sulfonamides is 1. The number of ether oxygens (including phenoxy) is 1. The second kappa shape index (κ2) is 7.35. The third kappa shape index (κ3) is 3.96. The summed E-state index contributed by atoms with van der Waals surface area (Å²) in [6.45, 7) is 1.72. The number of aliphatic carboxylic acids is 1. The third-order valence-electron chi connectivity index (χ3n) is 4.17. The fourth-order valence-corrected chi connectivity index (χ4v) is 4.38. The highest BCUT2D eigenvalue weighted by Gasteiger charge is 2.31. The van der Waals surface area contributed by atoms with Crippen molar-refractivity contribution in [3.05, 3.63) is 17.6 Å². The van der Waals surface area contributed by atoms with Crippen LogP contribution < -0.4 is 4.72 Å². The lowest BCUT2D eigenvalue weighted by molar-refractivity contribution is -0.142. The van der Waals surface area contributed by atoms with Gasteiger partial charge in [0.25, 0.3) is 0 Å². The monoisotopic (exact) mass is 359 g/mol. The molecule has 1 aromatic rings. The lowest BCUT2D eigenvalue weighted by atomic mass is 9.87. The summed E-state index contributed by atoms with van der Waals surface area (Å²) in [7, 11) is -2.68. The van der Waals surface area contributed by atoms with Crippen molar-refractivity contribution in [1.82, 2.24) is 4.72 Å². The smallest absolute Gasteiger partial charge is 0.373 e. The first-order valence-electron chi connectivity index (χ1n) is 7.74. The molecule has 9 heteroatoms. The summed E-state index contributed by atoms with van der Waals surface area (Å²) >= 11 is 0. The highest BCUT2D eigenvalue weighted by atomic mass is 32.2. The molecule has 1 saturated carbocycles. The molecule has 1 aromatic heterocycles. The van der Waals surface area contributed by atoms with E-state index in [2.05, 4.69) is 9.46 Å². The molecule has 0 spiro atoms. The Morgan fingerprint density at radius 1 is 1.33 bits per heavy atom. The molecule has 24 heavy (non-hydrogen) atoms. The van der Waals surface area contributed by atoms with Crippen LogP contribution in [0.3, 0.4) is 0 Å². The number of rotatable bonds is 6. The first-order chi connectivity index (χ1) is 11.3. The van der Waals surface area contributed by atoms with Crippen LogP contribution in [-0.4, -0.2) is 38.6 Å². The van der Waals surface area contributed by atoms with E-state index in [1.807, 2.05) is 0 Å². The molecule has 2 N–H and O–H groups in total. The average molecular weight is 359 g/mol. The van der Waals surface area contributed by atoms with Crippen molar-refractivity contribution in [3.63, 3.8) is 0 Å². The van der Waals surface area contributed by atoms with Gasteiger partial charge in [0.2, 0.25) is 15.8 Å². The van der Waals surface area contributed by atoms with Gasteiger partial charge >= 0.3 is 11.9 Å². The molecule has 0 bridgehead atoms. The molecule has 0 radical (unpaired) electrons. The molecule has 2 rings (SSSR count). The summed E-state index contributed by atoms with van der Waals surface area (Å²) in [5.41, 5.74) is 0. The van der Waals surface area contributed by atoms with Gasteiger partial charge in [0.05, 0.1) is 13.0 Å². The molecule has 1 heterocycles. The van der Waals surface area contributed by atoms with Crippen molar-refractivity contribution in [3.8, 4) is 0 Å². The Balaban J connectivity index is 2.15. The molecule has 0 aromatic carbocycles. The van der Waals surface area contributed by atoms with Crippen molar-refractivity contribution in [2.24, 2.45) is 5.92 Å². The third-order valence-corrected chi connectivity index (χ3v) is 5.73. The van der Waals surface area contributed by atoms with Gasteiger partial charge in [-0.15, -0.1) is 0 Å². The van der Waals surface area contributed by atoms with Gasteiger partial charge in [-0.1, -0.05) is 6.92 Å². The van der Waals surface area contributed by atoms with E-state index >= 15 is 0 Å². The molecule has 0 atom stereocenters. The molecule has 0 saturated heterocycles. The topological polar surface area (TPSA) is 123 Å². The maximum Gasteiger partial charge on any atom is 0.373 e. The summed E-state index contributed by atoms with van der Waals surface area (Å²) < 4.78 is 37.6. The molecule has 1 aliphatic rings. The van der Waals surface area contributed by atoms with E-state index in [1.165, 1.54) is 7.11 Å². The molecule has 0 amide bonds. The number of aryl methyl sites for hydroxylation is 1. The Morgan fingerprint density at radius 3 is 2.46 bits per heavy atom. The maximum absolute atomic E-state index is 12.6. The van der Waals surface area contributed by atoms with Crippen molar-refractivity contribution >= 4 is 22.0 Å². The Labute approximate surface area is 140 Å². The normalized spacial score (nSPS) is 21.4. The second-order valence-corrected chi connectivity index (χ2v) is 7.43. The van der Waals surface area contributed by atoms with Crippen molar-refractivity contribution in [1.29, 1.82) is 0 Å². The number of esters is 1. The predicted molar refractivity (Wildman–Crippen MR) is 83.1 cm³/mol. The van der Waals surface area contributed by atoms with Crippen LogP contribution >= 0.6 is 0 Å². The highest BCUT2D eigenvalue weighted by molar-refractivity contribution is 7.89. The standard InChI is InChI=1S/C15H21NO7S/c1-3-11-13(8-12(23-11)15(19)22-2)24(20,21)16-10-6-4-9(5-7-10)14(17)18/h8-10,16H,3-7H2,1-2H3,(H,17,18). The SMILES string of the molecule is CCc1oc(C(=O)OC)cc1S(=O)(=O)NC1CCC(C(=O)O)CC1.